The molecular weight excluding hydrogens is 649 g/mol. The van der Waals surface area contributed by atoms with Crippen molar-refractivity contribution in [3.8, 4) is 0 Å². The molecule has 3 N–H and O–H groups in total. The Labute approximate surface area is 146 Å². The summed E-state index contributed by atoms with van der Waals surface area (Å²) in [7, 11) is 0. The molecule has 1 amide bonds. The van der Waals surface area contributed by atoms with Crippen LogP contribution in [0.5, 0.6) is 0 Å². The molecule has 0 unspecified atom stereocenters. The van der Waals surface area contributed by atoms with Gasteiger partial charge < -0.3 is 10.2 Å². The third-order valence-corrected chi connectivity index (χ3v) is 16.0. The maximum Gasteiger partial charge on any atom is 0.300 e. The average Bonchev–Trinajstić information content (AvgIpc) is 2.41. The molecule has 1 rings (SSSR count). The Balaban J connectivity index is 0. The van der Waals surface area contributed by atoms with Gasteiger partial charge in [0.05, 0.1) is 0 Å². The van der Waals surface area contributed by atoms with E-state index in [1.165, 1.54) is 12.5 Å². The Hall–Kier alpha value is -0.0899. The van der Waals surface area contributed by atoms with Gasteiger partial charge in [-0.25, -0.2) is 0 Å². The molecule has 19 heavy (non-hydrogen) atoms. The van der Waals surface area contributed by atoms with Crippen molar-refractivity contribution in [2.75, 3.05) is 5.32 Å². The smallest absolute Gasteiger partial charge is 0.300 e. The summed E-state index contributed by atoms with van der Waals surface area (Å²) >= 11 is 2.89. The molecule has 7 nitrogen and oxygen atoms in total. The number of anilines is 1. The molecule has 0 aliphatic carbocycles. The number of thiazole rings is 1. The van der Waals surface area contributed by atoms with Crippen LogP contribution < -0.4 is 10.9 Å². The fourth-order valence-electron chi connectivity index (χ4n) is 0.587. The van der Waals surface area contributed by atoms with Gasteiger partial charge in [0.1, 0.15) is 0 Å². The zero-order valence-corrected chi connectivity index (χ0v) is 22.7. The van der Waals surface area contributed by atoms with Crippen LogP contribution in [0.1, 0.15) is 20.8 Å². The van der Waals surface area contributed by atoms with Crippen molar-refractivity contribution in [2.24, 2.45) is 0 Å². The predicted octanol–water partition coefficient (Wildman–Crippen LogP) is -0.372. The fraction of sp³-hybridized carbons (Fsp3) is 0.333. The molecule has 1 aromatic rings. The molecule has 0 spiro atoms. The number of aromatic nitrogens is 1. The van der Waals surface area contributed by atoms with Crippen LogP contribution in [0.4, 0.5) is 5.13 Å². The zero-order chi connectivity index (χ0) is 15.6. The van der Waals surface area contributed by atoms with Crippen LogP contribution >= 0.6 is 11.3 Å². The molecule has 0 saturated carbocycles. The number of nitrogens with zero attached hydrogens (tertiary/aromatic N) is 1. The van der Waals surface area contributed by atoms with Crippen molar-refractivity contribution in [3.63, 3.8) is 0 Å². The summed E-state index contributed by atoms with van der Waals surface area (Å²) in [6.07, 6.45) is 0. The minimum Gasteiger partial charge on any atom is -0.481 e. The van der Waals surface area contributed by atoms with Crippen molar-refractivity contribution < 1.29 is 76.8 Å². The van der Waals surface area contributed by atoms with Crippen LogP contribution in [0.25, 0.3) is 0 Å². The van der Waals surface area contributed by atoms with Crippen molar-refractivity contribution in [1.82, 2.24) is 4.98 Å². The Morgan fingerprint density at radius 3 is 1.68 bits per heavy atom. The van der Waals surface area contributed by atoms with E-state index in [2.05, 4.69) is 10.3 Å². The number of carbonyl (C=O) groups excluding carboxylic acids is 1. The summed E-state index contributed by atoms with van der Waals surface area (Å²) in [6.45, 7) is 3.68. The molecule has 0 radical (unpaired) electrons. The quantitative estimate of drug-likeness (QED) is 0.354. The molecule has 0 aromatic carbocycles. The Bertz CT molecular complexity index is 410. The first kappa shape index (κ1) is 21.2. The van der Waals surface area contributed by atoms with Gasteiger partial charge in [-0.05, 0) is 0 Å². The van der Waals surface area contributed by atoms with Crippen LogP contribution in [0.3, 0.4) is 0 Å². The van der Waals surface area contributed by atoms with E-state index < -0.39 is 11.9 Å². The number of hydrogen-bond acceptors (Lipinski definition) is 5. The van der Waals surface area contributed by atoms with Gasteiger partial charge in [0.2, 0.25) is 0 Å². The summed E-state index contributed by atoms with van der Waals surface area (Å²) in [5, 5.41) is 18.3. The van der Waals surface area contributed by atoms with Crippen LogP contribution in [0.15, 0.2) is 0 Å². The number of carboxylic acid groups (broad SMARTS) is 2. The van der Waals surface area contributed by atoms with E-state index in [1.54, 1.807) is 11.3 Å². The number of aliphatic carboxylic acids is 2. The van der Waals surface area contributed by atoms with E-state index in [-0.39, 0.29) is 5.91 Å². The first-order valence-electron chi connectivity index (χ1n) is 4.87. The van der Waals surface area contributed by atoms with E-state index in [0.29, 0.717) is 52.2 Å². The number of rotatable bonds is 1. The van der Waals surface area contributed by atoms with Gasteiger partial charge in [-0.15, -0.1) is 0 Å². The van der Waals surface area contributed by atoms with E-state index in [9.17, 15) is 4.79 Å². The zero-order valence-electron chi connectivity index (χ0n) is 10.9. The Morgan fingerprint density at radius 1 is 1.11 bits per heavy atom. The normalized spacial score (nSPS) is 8.37. The number of hydrogen-bond donors (Lipinski definition) is 3. The third kappa shape index (κ3) is 17.9. The fourth-order valence-corrected chi connectivity index (χ4v) is 5.14. The molecular formula is C9H12Hg2N2O5S. The van der Waals surface area contributed by atoms with Gasteiger partial charge in [0, 0.05) is 13.8 Å². The number of amides is 1. The minimum atomic E-state index is -0.833. The predicted molar refractivity (Wildman–Crippen MR) is 62.3 cm³/mol. The largest absolute Gasteiger partial charge is 0.481 e. The van der Waals surface area contributed by atoms with Gasteiger partial charge in [-0.1, -0.05) is 0 Å². The van der Waals surface area contributed by atoms with Gasteiger partial charge in [-0.3, -0.25) is 9.59 Å². The van der Waals surface area contributed by atoms with Gasteiger partial charge in [0.15, 0.2) is 0 Å². The van der Waals surface area contributed by atoms with Crippen LogP contribution in [0.2, 0.25) is 0 Å². The van der Waals surface area contributed by atoms with E-state index >= 15 is 0 Å². The van der Waals surface area contributed by atoms with E-state index in [4.69, 9.17) is 19.8 Å². The van der Waals surface area contributed by atoms with Gasteiger partial charge in [0.25, 0.3) is 11.9 Å². The Kier molecular flexibility index (Phi) is 13.1. The molecule has 0 bridgehead atoms. The second kappa shape index (κ2) is 11.7. The van der Waals surface area contributed by atoms with Crippen LogP contribution in [-0.4, -0.2) is 33.0 Å². The molecule has 98 valence electrons. The number of carbonyl (C=O) groups is 3. The maximum absolute atomic E-state index is 10.6. The van der Waals surface area contributed by atoms with Crippen molar-refractivity contribution in [1.29, 1.82) is 0 Å². The summed E-state index contributed by atoms with van der Waals surface area (Å²) < 4.78 is 2.69. The monoisotopic (exact) mass is 664 g/mol. The summed E-state index contributed by atoms with van der Waals surface area (Å²) in [4.78, 5) is 32.9. The standard InChI is InChI=1S/C5H4N2OS.2C2H4O2.2Hg/c1-4(8)7-5-6-2-3-9-5;2*1-2(3)4;;/h1H3,(H,6,7,8);2*1H3,(H,3,4);;. The summed E-state index contributed by atoms with van der Waals surface area (Å²) in [5.41, 5.74) is 0. The molecule has 0 saturated heterocycles. The van der Waals surface area contributed by atoms with Gasteiger partial charge in [-0.2, -0.15) is 0 Å². The molecule has 1 aromatic heterocycles. The number of carboxylic acids is 2. The number of nitrogens with one attached hydrogen (secondary N) is 1. The van der Waals surface area contributed by atoms with E-state index in [0.717, 1.165) is 19.0 Å². The SMILES string of the molecule is CC(=O)Nc1n[c]([Hg])[c]([Hg])s1.CC(=O)O.CC(=O)O. The second-order valence-corrected chi connectivity index (χ2v) is 11.5. The maximum atomic E-state index is 10.6. The second-order valence-electron chi connectivity index (χ2n) is 3.11. The van der Waals surface area contributed by atoms with Crippen LogP contribution in [-0.2, 0) is 66.6 Å². The third-order valence-electron chi connectivity index (χ3n) is 1.06. The topological polar surface area (TPSA) is 117 Å². The minimum absolute atomic E-state index is 0.0274. The van der Waals surface area contributed by atoms with Crippen molar-refractivity contribution in [2.45, 2.75) is 20.8 Å². The van der Waals surface area contributed by atoms with E-state index in [1.807, 2.05) is 0 Å². The molecule has 0 aliphatic heterocycles. The van der Waals surface area contributed by atoms with Crippen molar-refractivity contribution >= 4 is 39.9 Å². The molecule has 0 atom stereocenters. The summed E-state index contributed by atoms with van der Waals surface area (Å²) in [6, 6.07) is 0. The van der Waals surface area contributed by atoms with Crippen molar-refractivity contribution in [3.05, 3.63) is 0 Å². The Morgan fingerprint density at radius 2 is 1.47 bits per heavy atom. The van der Waals surface area contributed by atoms with Crippen LogP contribution in [0, 0.1) is 0 Å². The first-order chi connectivity index (χ1) is 8.56. The average molecular weight is 661 g/mol. The molecule has 0 fully saturated rings. The first-order valence-corrected chi connectivity index (χ1v) is 11.2. The molecule has 1 heterocycles. The van der Waals surface area contributed by atoms with Gasteiger partial charge >= 0.3 is 102 Å². The molecule has 0 aliphatic rings. The summed E-state index contributed by atoms with van der Waals surface area (Å²) in [5.74, 6) is -1.69. The molecule has 10 heteroatoms.